The van der Waals surface area contributed by atoms with Crippen molar-refractivity contribution in [1.29, 1.82) is 0 Å². The predicted molar refractivity (Wildman–Crippen MR) is 248 cm³/mol. The highest BCUT2D eigenvalue weighted by Crippen LogP contribution is 2.30. The molecule has 0 aliphatic heterocycles. The molecule has 6 heteroatoms. The molecule has 0 saturated heterocycles. The maximum absolute atomic E-state index is 11.3. The van der Waals surface area contributed by atoms with Crippen molar-refractivity contribution in [2.45, 2.75) is 0 Å². The molecule has 8 aromatic carbocycles. The summed E-state index contributed by atoms with van der Waals surface area (Å²) >= 11 is 0. The fourth-order valence-electron chi connectivity index (χ4n) is 7.14. The normalized spacial score (nSPS) is 12.0. The van der Waals surface area contributed by atoms with E-state index in [9.17, 15) is 20.2 Å². The minimum absolute atomic E-state index is 0.0637. The molecule has 0 bridgehead atoms. The molecule has 0 spiro atoms. The van der Waals surface area contributed by atoms with Gasteiger partial charge in [-0.3, -0.25) is 20.2 Å². The van der Waals surface area contributed by atoms with Crippen molar-refractivity contribution in [1.82, 2.24) is 0 Å². The Kier molecular flexibility index (Phi) is 11.5. The molecule has 0 aromatic heterocycles. The number of nitro benzene ring substituents is 2. The van der Waals surface area contributed by atoms with Gasteiger partial charge < -0.3 is 0 Å². The molecule has 0 aliphatic carbocycles. The molecule has 8 aromatic rings. The smallest absolute Gasteiger partial charge is 0.258 e. The Bertz CT molecular complexity index is 2910. The van der Waals surface area contributed by atoms with E-state index in [0.29, 0.717) is 0 Å². The zero-order chi connectivity index (χ0) is 41.3. The highest BCUT2D eigenvalue weighted by molar-refractivity contribution is 5.96. The van der Waals surface area contributed by atoms with Crippen LogP contribution in [0.1, 0.15) is 55.6 Å². The summed E-state index contributed by atoms with van der Waals surface area (Å²) in [5.41, 5.74) is 12.3. The molecule has 6 nitrogen and oxygen atoms in total. The molecule has 0 radical (unpaired) electrons. The van der Waals surface area contributed by atoms with E-state index >= 15 is 0 Å². The Labute approximate surface area is 348 Å². The van der Waals surface area contributed by atoms with Gasteiger partial charge in [0.05, 0.1) is 9.85 Å². The summed E-state index contributed by atoms with van der Waals surface area (Å²) in [5.74, 6) is 0. The predicted octanol–water partition coefficient (Wildman–Crippen LogP) is 14.2. The van der Waals surface area contributed by atoms with E-state index in [2.05, 4.69) is 121 Å². The third-order valence-electron chi connectivity index (χ3n) is 10.3. The second kappa shape index (κ2) is 17.9. The van der Waals surface area contributed by atoms with E-state index in [-0.39, 0.29) is 21.2 Å². The molecule has 8 rings (SSSR count). The minimum atomic E-state index is -0.381. The zero-order valence-corrected chi connectivity index (χ0v) is 32.5. The fraction of sp³-hybridized carbons (Fsp3) is 0. The lowest BCUT2D eigenvalue weighted by Gasteiger charge is -2.09. The average Bonchev–Trinajstić information content (AvgIpc) is 3.30. The number of hydrogen-bond acceptors (Lipinski definition) is 4. The van der Waals surface area contributed by atoms with Crippen LogP contribution in [0.4, 0.5) is 11.4 Å². The molecule has 60 heavy (non-hydrogen) atoms. The molecule has 0 fully saturated rings. The summed E-state index contributed by atoms with van der Waals surface area (Å²) in [6.07, 6.45) is 12.8. The van der Waals surface area contributed by atoms with Crippen molar-refractivity contribution in [2.75, 3.05) is 0 Å². The van der Waals surface area contributed by atoms with Gasteiger partial charge >= 0.3 is 0 Å². The lowest BCUT2D eigenvalue weighted by Crippen LogP contribution is -1.91. The van der Waals surface area contributed by atoms with Crippen LogP contribution in [0, 0.1) is 20.2 Å². The Balaban J connectivity index is 1.02. The van der Waals surface area contributed by atoms with Gasteiger partial charge in [0.15, 0.2) is 0 Å². The standard InChI is InChI=1S/C54H38N2O4/c57-55(58)50-31-27-46(28-32-50)53(44-9-3-1-4-10-44)37-41-20-15-39(16-21-41)19-24-43-35-48-13-7-8-14-52(48)49(36-43)26-25-40-17-22-42(23-18-40)38-54(45-11-5-2-6-12-45)47-29-33-51(34-30-47)56(59)60/h1-38H. The Morgan fingerprint density at radius 1 is 0.367 bits per heavy atom. The van der Waals surface area contributed by atoms with E-state index in [4.69, 9.17) is 0 Å². The van der Waals surface area contributed by atoms with Crippen molar-refractivity contribution in [3.63, 3.8) is 0 Å². The third-order valence-corrected chi connectivity index (χ3v) is 10.3. The second-order valence-corrected chi connectivity index (χ2v) is 14.3. The summed E-state index contributed by atoms with van der Waals surface area (Å²) in [7, 11) is 0. The van der Waals surface area contributed by atoms with Crippen LogP contribution in [-0.2, 0) is 0 Å². The van der Waals surface area contributed by atoms with Gasteiger partial charge in [-0.05, 0) is 126 Å². The first kappa shape index (κ1) is 38.6. The fourth-order valence-corrected chi connectivity index (χ4v) is 7.14. The quantitative estimate of drug-likeness (QED) is 0.0702. The lowest BCUT2D eigenvalue weighted by molar-refractivity contribution is -0.385. The molecular formula is C54H38N2O4. The van der Waals surface area contributed by atoms with Crippen LogP contribution < -0.4 is 0 Å². The number of hydrogen-bond donors (Lipinski definition) is 0. The molecule has 0 aliphatic rings. The lowest BCUT2D eigenvalue weighted by atomic mass is 9.95. The van der Waals surface area contributed by atoms with Crippen LogP contribution in [0.5, 0.6) is 0 Å². The largest absolute Gasteiger partial charge is 0.269 e. The molecule has 0 saturated carbocycles. The topological polar surface area (TPSA) is 86.3 Å². The van der Waals surface area contributed by atoms with Crippen molar-refractivity contribution in [2.24, 2.45) is 0 Å². The number of nitro groups is 2. The SMILES string of the molecule is O=[N+]([O-])c1ccc(C(=Cc2ccc(C=Cc3cc(C=Cc4ccc(C=C(c5ccccc5)c5ccc([N+](=O)[O-])cc5)cc4)c4ccccc4c3)cc2)c2ccccc2)cc1. The number of rotatable bonds is 12. The first-order valence-electron chi connectivity index (χ1n) is 19.5. The van der Waals surface area contributed by atoms with Crippen LogP contribution in [0.3, 0.4) is 0 Å². The highest BCUT2D eigenvalue weighted by atomic mass is 16.6. The molecule has 0 atom stereocenters. The molecule has 0 N–H and O–H groups in total. The van der Waals surface area contributed by atoms with Crippen LogP contribution in [0.25, 0.3) is 58.4 Å². The van der Waals surface area contributed by atoms with Gasteiger partial charge in [-0.2, -0.15) is 0 Å². The van der Waals surface area contributed by atoms with Gasteiger partial charge in [0.25, 0.3) is 11.4 Å². The van der Waals surface area contributed by atoms with Crippen LogP contribution in [0.2, 0.25) is 0 Å². The molecule has 0 amide bonds. The summed E-state index contributed by atoms with van der Waals surface area (Å²) in [6.45, 7) is 0. The summed E-state index contributed by atoms with van der Waals surface area (Å²) in [4.78, 5) is 21.8. The van der Waals surface area contributed by atoms with Crippen molar-refractivity contribution >= 4 is 69.7 Å². The van der Waals surface area contributed by atoms with Crippen LogP contribution in [-0.4, -0.2) is 9.85 Å². The van der Waals surface area contributed by atoms with Gasteiger partial charge in [0, 0.05) is 24.3 Å². The number of benzene rings is 8. The maximum atomic E-state index is 11.3. The minimum Gasteiger partial charge on any atom is -0.258 e. The maximum Gasteiger partial charge on any atom is 0.269 e. The van der Waals surface area contributed by atoms with Gasteiger partial charge in [0.1, 0.15) is 0 Å². The van der Waals surface area contributed by atoms with Crippen molar-refractivity contribution in [3.05, 3.63) is 270 Å². The van der Waals surface area contributed by atoms with Crippen LogP contribution >= 0.6 is 0 Å². The van der Waals surface area contributed by atoms with E-state index < -0.39 is 0 Å². The number of non-ortho nitro benzene ring substituents is 2. The van der Waals surface area contributed by atoms with Gasteiger partial charge in [-0.15, -0.1) is 0 Å². The van der Waals surface area contributed by atoms with Crippen molar-refractivity contribution < 1.29 is 9.85 Å². The third kappa shape index (κ3) is 9.31. The Hall–Kier alpha value is -8.22. The van der Waals surface area contributed by atoms with Gasteiger partial charge in [-0.25, -0.2) is 0 Å². The molecular weight excluding hydrogens is 741 g/mol. The van der Waals surface area contributed by atoms with E-state index in [0.717, 1.165) is 72.2 Å². The average molecular weight is 779 g/mol. The monoisotopic (exact) mass is 778 g/mol. The molecule has 0 unspecified atom stereocenters. The molecule has 0 heterocycles. The Morgan fingerprint density at radius 3 is 1.22 bits per heavy atom. The van der Waals surface area contributed by atoms with E-state index in [1.807, 2.05) is 60.7 Å². The number of fused-ring (bicyclic) bond motifs is 1. The highest BCUT2D eigenvalue weighted by Gasteiger charge is 2.11. The summed E-state index contributed by atoms with van der Waals surface area (Å²) < 4.78 is 0. The summed E-state index contributed by atoms with van der Waals surface area (Å²) in [6, 6.07) is 63.0. The second-order valence-electron chi connectivity index (χ2n) is 14.3. The first-order chi connectivity index (χ1) is 29.4. The zero-order valence-electron chi connectivity index (χ0n) is 32.5. The number of nitrogens with zero attached hydrogens (tertiary/aromatic N) is 2. The van der Waals surface area contributed by atoms with E-state index in [1.165, 1.54) is 5.39 Å². The first-order valence-corrected chi connectivity index (χ1v) is 19.5. The molecule has 288 valence electrons. The van der Waals surface area contributed by atoms with Gasteiger partial charge in [0.2, 0.25) is 0 Å². The van der Waals surface area contributed by atoms with Crippen molar-refractivity contribution in [3.8, 4) is 0 Å². The summed E-state index contributed by atoms with van der Waals surface area (Å²) in [5, 5.41) is 24.9. The Morgan fingerprint density at radius 2 is 0.750 bits per heavy atom. The van der Waals surface area contributed by atoms with Gasteiger partial charge in [-0.1, -0.05) is 158 Å². The van der Waals surface area contributed by atoms with E-state index in [1.54, 1.807) is 48.5 Å². The van der Waals surface area contributed by atoms with Crippen LogP contribution in [0.15, 0.2) is 194 Å².